The normalized spacial score (nSPS) is 11.2. The van der Waals surface area contributed by atoms with Crippen LogP contribution in [-0.4, -0.2) is 49.2 Å². The quantitative estimate of drug-likeness (QED) is 0.705. The van der Waals surface area contributed by atoms with Gasteiger partial charge in [-0.15, -0.1) is 0 Å². The summed E-state index contributed by atoms with van der Waals surface area (Å²) in [5.74, 6) is 2.38. The lowest BCUT2D eigenvalue weighted by atomic mass is 10.1. The summed E-state index contributed by atoms with van der Waals surface area (Å²) >= 11 is 0. The first-order valence-electron chi connectivity index (χ1n) is 7.03. The summed E-state index contributed by atoms with van der Waals surface area (Å²) in [7, 11) is 5.69. The lowest BCUT2D eigenvalue weighted by Crippen LogP contribution is -2.17. The van der Waals surface area contributed by atoms with Gasteiger partial charge in [0.15, 0.2) is 5.82 Å². The molecule has 1 rings (SSSR count). The van der Waals surface area contributed by atoms with Crippen LogP contribution in [-0.2, 0) is 6.42 Å². The van der Waals surface area contributed by atoms with E-state index in [1.54, 1.807) is 7.11 Å². The van der Waals surface area contributed by atoms with Crippen LogP contribution in [0.2, 0.25) is 0 Å². The molecule has 114 valence electrons. The minimum absolute atomic E-state index is 0.450. The van der Waals surface area contributed by atoms with Crippen molar-refractivity contribution in [1.29, 1.82) is 0 Å². The predicted octanol–water partition coefficient (Wildman–Crippen LogP) is 1.63. The third-order valence-electron chi connectivity index (χ3n) is 2.82. The van der Waals surface area contributed by atoms with E-state index in [2.05, 4.69) is 48.1 Å². The van der Waals surface area contributed by atoms with E-state index in [1.165, 1.54) is 0 Å². The second-order valence-electron chi connectivity index (χ2n) is 5.59. The largest absolute Gasteiger partial charge is 0.479 e. The fraction of sp³-hybridized carbons (Fsp3) is 0.714. The van der Waals surface area contributed by atoms with Crippen LogP contribution in [0.5, 0.6) is 5.88 Å². The van der Waals surface area contributed by atoms with E-state index in [0.29, 0.717) is 23.3 Å². The van der Waals surface area contributed by atoms with Crippen molar-refractivity contribution in [2.75, 3.05) is 45.3 Å². The molecule has 1 heterocycles. The molecule has 0 radical (unpaired) electrons. The van der Waals surface area contributed by atoms with Gasteiger partial charge in [-0.1, -0.05) is 13.8 Å². The van der Waals surface area contributed by atoms with Gasteiger partial charge in [-0.05, 0) is 33.0 Å². The Morgan fingerprint density at radius 1 is 1.30 bits per heavy atom. The van der Waals surface area contributed by atoms with Gasteiger partial charge in [0.2, 0.25) is 5.88 Å². The monoisotopic (exact) mass is 281 g/mol. The molecule has 0 fully saturated rings. The molecule has 0 amide bonds. The Morgan fingerprint density at radius 3 is 2.55 bits per heavy atom. The number of nitrogens with zero attached hydrogens (tertiary/aromatic N) is 3. The Morgan fingerprint density at radius 2 is 2.00 bits per heavy atom. The topological polar surface area (TPSA) is 76.3 Å². The summed E-state index contributed by atoms with van der Waals surface area (Å²) in [6.45, 7) is 6.12. The van der Waals surface area contributed by atoms with E-state index in [9.17, 15) is 0 Å². The van der Waals surface area contributed by atoms with Gasteiger partial charge in [-0.3, -0.25) is 0 Å². The Labute approximate surface area is 121 Å². The summed E-state index contributed by atoms with van der Waals surface area (Å²) < 4.78 is 5.23. The lowest BCUT2D eigenvalue weighted by molar-refractivity contribution is 0.396. The standard InChI is InChI=1S/C14H27N5O/c1-10(2)9-11-17-13(12(15)14(18-11)20-5)16-7-6-8-19(3)4/h10H,6-9,15H2,1-5H3,(H,16,17,18). The highest BCUT2D eigenvalue weighted by molar-refractivity contribution is 5.66. The summed E-state index contributed by atoms with van der Waals surface area (Å²) in [6, 6.07) is 0. The first-order valence-corrected chi connectivity index (χ1v) is 7.03. The van der Waals surface area contributed by atoms with Gasteiger partial charge < -0.3 is 20.7 Å². The van der Waals surface area contributed by atoms with Crippen LogP contribution in [0.4, 0.5) is 11.5 Å². The smallest absolute Gasteiger partial charge is 0.242 e. The Balaban J connectivity index is 2.76. The molecule has 0 saturated carbocycles. The zero-order valence-corrected chi connectivity index (χ0v) is 13.2. The predicted molar refractivity (Wildman–Crippen MR) is 83.2 cm³/mol. The number of nitrogens with two attached hydrogens (primary N) is 1. The van der Waals surface area contributed by atoms with Crippen molar-refractivity contribution in [3.8, 4) is 5.88 Å². The molecular weight excluding hydrogens is 254 g/mol. The summed E-state index contributed by atoms with van der Waals surface area (Å²) in [4.78, 5) is 11.0. The van der Waals surface area contributed by atoms with Gasteiger partial charge in [0.05, 0.1) is 7.11 Å². The van der Waals surface area contributed by atoms with Crippen LogP contribution < -0.4 is 15.8 Å². The number of ether oxygens (including phenoxy) is 1. The minimum atomic E-state index is 0.450. The number of hydrogen-bond donors (Lipinski definition) is 2. The second kappa shape index (κ2) is 7.89. The average Bonchev–Trinajstić information content (AvgIpc) is 2.36. The molecule has 0 atom stereocenters. The molecule has 0 spiro atoms. The Kier molecular flexibility index (Phi) is 6.51. The van der Waals surface area contributed by atoms with Crippen molar-refractivity contribution < 1.29 is 4.74 Å². The van der Waals surface area contributed by atoms with Crippen molar-refractivity contribution in [3.63, 3.8) is 0 Å². The number of anilines is 2. The van der Waals surface area contributed by atoms with Gasteiger partial charge in [-0.2, -0.15) is 4.98 Å². The molecule has 20 heavy (non-hydrogen) atoms. The maximum absolute atomic E-state index is 6.01. The molecule has 6 heteroatoms. The summed E-state index contributed by atoms with van der Waals surface area (Å²) in [5.41, 5.74) is 6.49. The number of aromatic nitrogens is 2. The fourth-order valence-corrected chi connectivity index (χ4v) is 1.84. The molecule has 0 aliphatic rings. The lowest BCUT2D eigenvalue weighted by Gasteiger charge is -2.14. The zero-order chi connectivity index (χ0) is 15.1. The second-order valence-corrected chi connectivity index (χ2v) is 5.59. The fourth-order valence-electron chi connectivity index (χ4n) is 1.84. The molecule has 6 nitrogen and oxygen atoms in total. The Bertz CT molecular complexity index is 420. The summed E-state index contributed by atoms with van der Waals surface area (Å²) in [6.07, 6.45) is 1.83. The van der Waals surface area contributed by atoms with Crippen molar-refractivity contribution >= 4 is 11.5 Å². The number of hydrogen-bond acceptors (Lipinski definition) is 6. The number of nitrogens with one attached hydrogen (secondary N) is 1. The van der Waals surface area contributed by atoms with Crippen LogP contribution in [0.25, 0.3) is 0 Å². The molecule has 1 aromatic heterocycles. The van der Waals surface area contributed by atoms with Crippen LogP contribution in [0, 0.1) is 5.92 Å². The third-order valence-corrected chi connectivity index (χ3v) is 2.82. The summed E-state index contributed by atoms with van der Waals surface area (Å²) in [5, 5.41) is 3.27. The van der Waals surface area contributed by atoms with E-state index < -0.39 is 0 Å². The van der Waals surface area contributed by atoms with E-state index >= 15 is 0 Å². The van der Waals surface area contributed by atoms with E-state index in [0.717, 1.165) is 31.8 Å². The third kappa shape index (κ3) is 5.21. The van der Waals surface area contributed by atoms with E-state index in [-0.39, 0.29) is 0 Å². The molecule has 0 aliphatic heterocycles. The molecule has 0 aromatic carbocycles. The van der Waals surface area contributed by atoms with Crippen molar-refractivity contribution in [1.82, 2.24) is 14.9 Å². The average molecular weight is 281 g/mol. The molecule has 3 N–H and O–H groups in total. The van der Waals surface area contributed by atoms with Crippen LogP contribution in [0.3, 0.4) is 0 Å². The van der Waals surface area contributed by atoms with Crippen LogP contribution in [0.1, 0.15) is 26.1 Å². The Hall–Kier alpha value is -1.56. The maximum Gasteiger partial charge on any atom is 0.242 e. The molecule has 0 unspecified atom stereocenters. The first-order chi connectivity index (χ1) is 9.43. The van der Waals surface area contributed by atoms with Crippen molar-refractivity contribution in [3.05, 3.63) is 5.82 Å². The van der Waals surface area contributed by atoms with Gasteiger partial charge in [0.1, 0.15) is 11.5 Å². The van der Waals surface area contributed by atoms with E-state index in [4.69, 9.17) is 10.5 Å². The number of rotatable bonds is 8. The van der Waals surface area contributed by atoms with Gasteiger partial charge >= 0.3 is 0 Å². The van der Waals surface area contributed by atoms with Crippen molar-refractivity contribution in [2.24, 2.45) is 5.92 Å². The minimum Gasteiger partial charge on any atom is -0.479 e. The van der Waals surface area contributed by atoms with E-state index in [1.807, 2.05) is 0 Å². The van der Waals surface area contributed by atoms with Crippen LogP contribution in [0.15, 0.2) is 0 Å². The van der Waals surface area contributed by atoms with Gasteiger partial charge in [-0.25, -0.2) is 4.98 Å². The number of nitrogen functional groups attached to an aromatic ring is 1. The highest BCUT2D eigenvalue weighted by Crippen LogP contribution is 2.26. The molecule has 0 saturated heterocycles. The highest BCUT2D eigenvalue weighted by Gasteiger charge is 2.13. The molecule has 0 bridgehead atoms. The zero-order valence-electron chi connectivity index (χ0n) is 13.2. The maximum atomic E-state index is 6.01. The van der Waals surface area contributed by atoms with Gasteiger partial charge in [0, 0.05) is 13.0 Å². The molecule has 1 aromatic rings. The van der Waals surface area contributed by atoms with Gasteiger partial charge in [0.25, 0.3) is 0 Å². The van der Waals surface area contributed by atoms with Crippen LogP contribution >= 0.6 is 0 Å². The molecule has 0 aliphatic carbocycles. The molecular formula is C14H27N5O. The first kappa shape index (κ1) is 16.5. The highest BCUT2D eigenvalue weighted by atomic mass is 16.5. The number of methoxy groups -OCH3 is 1. The SMILES string of the molecule is COc1nc(CC(C)C)nc(NCCCN(C)C)c1N. The van der Waals surface area contributed by atoms with Crippen molar-refractivity contribution in [2.45, 2.75) is 26.7 Å².